The Morgan fingerprint density at radius 3 is 0.667 bits per heavy atom. The predicted molar refractivity (Wildman–Crippen MR) is 7.23 cm³/mol. The fourth-order valence-electron chi connectivity index (χ4n) is 0. The Morgan fingerprint density at radius 1 is 0.667 bits per heavy atom. The smallest absolute Gasteiger partial charge is 0.544 e. The minimum Gasteiger partial charge on any atom is -0.544 e. The van der Waals surface area contributed by atoms with Gasteiger partial charge in [0, 0.05) is 0 Å². The maximum absolute atomic E-state index is 8.24. The third-order valence-corrected chi connectivity index (χ3v) is 0. The van der Waals surface area contributed by atoms with Crippen LogP contribution in [-0.2, 0) is 16.5 Å². The van der Waals surface area contributed by atoms with Gasteiger partial charge in [0.2, 0.25) is 0 Å². The molecule has 0 rings (SSSR count). The van der Waals surface area contributed by atoms with Crippen LogP contribution in [0.4, 0.5) is 0 Å². The van der Waals surface area contributed by atoms with Gasteiger partial charge in [0.05, 0.1) is 22.7 Å². The van der Waals surface area contributed by atoms with E-state index in [1.807, 2.05) is 0 Å². The Labute approximate surface area is 69.2 Å². The third-order valence-electron chi connectivity index (χ3n) is 0. The normalized spacial score (nSPS) is 4.00. The number of hydrogen-bond acceptors (Lipinski definition) is 4. The van der Waals surface area contributed by atoms with Crippen molar-refractivity contribution in [3.8, 4) is 0 Å². The molecule has 6 nitrogen and oxygen atoms in total. The summed E-state index contributed by atoms with van der Waals surface area (Å²) >= 11 is -0.833. The molecule has 0 aromatic carbocycles. The summed E-state index contributed by atoms with van der Waals surface area (Å²) in [5.74, 6) is 0. The average molecular weight is 230 g/mol. The topological polar surface area (TPSA) is 155 Å². The van der Waals surface area contributed by atoms with Crippen molar-refractivity contribution in [2.24, 2.45) is 0 Å². The van der Waals surface area contributed by atoms with Crippen LogP contribution < -0.4 is 18.6 Å². The molecule has 0 heterocycles. The molecule has 9 heavy (non-hydrogen) atoms. The van der Waals surface area contributed by atoms with Crippen molar-refractivity contribution in [3.05, 3.63) is 0 Å². The maximum atomic E-state index is 8.24. The van der Waals surface area contributed by atoms with Crippen molar-refractivity contribution < 1.29 is 68.7 Å². The van der Waals surface area contributed by atoms with E-state index in [1.54, 1.807) is 0 Å². The molecule has 0 radical (unpaired) electrons. The van der Waals surface area contributed by atoms with Crippen LogP contribution in [-0.4, -0.2) is 11.0 Å². The van der Waals surface area contributed by atoms with Gasteiger partial charge in [-0.25, -0.2) is 0 Å². The Kier molecular flexibility index (Phi) is 246. The van der Waals surface area contributed by atoms with Crippen LogP contribution in [0.15, 0.2) is 0 Å². The van der Waals surface area contributed by atoms with Gasteiger partial charge in [0.15, 0.2) is 0 Å². The van der Waals surface area contributed by atoms with E-state index in [9.17, 15) is 0 Å². The second-order valence-electron chi connectivity index (χ2n) is 0.126. The number of halogens is 2. The molecular formula is H4Cl2NiO6. The van der Waals surface area contributed by atoms with E-state index < -0.39 is 22.7 Å². The van der Waals surface area contributed by atoms with E-state index in [4.69, 9.17) is 18.6 Å². The van der Waals surface area contributed by atoms with Crippen LogP contribution >= 0.6 is 0 Å². The van der Waals surface area contributed by atoms with Crippen molar-refractivity contribution in [1.82, 2.24) is 0 Å². The summed E-state index contributed by atoms with van der Waals surface area (Å²) in [6.45, 7) is 0. The van der Waals surface area contributed by atoms with E-state index >= 15 is 0 Å². The summed E-state index contributed by atoms with van der Waals surface area (Å²) in [7, 11) is 0. The molecule has 4 N–H and O–H groups in total. The van der Waals surface area contributed by atoms with E-state index in [0.717, 1.165) is 0 Å². The van der Waals surface area contributed by atoms with Crippen molar-refractivity contribution in [3.63, 3.8) is 0 Å². The van der Waals surface area contributed by atoms with Crippen LogP contribution in [0.1, 0.15) is 0 Å². The molecule has 0 aliphatic heterocycles. The molecule has 0 unspecified atom stereocenters. The monoisotopic (exact) mass is 228 g/mol. The molecule has 9 heteroatoms. The largest absolute Gasteiger partial charge is 2.00 e. The molecule has 0 atom stereocenters. The fourth-order valence-corrected chi connectivity index (χ4v) is 0. The van der Waals surface area contributed by atoms with Crippen LogP contribution in [0.3, 0.4) is 0 Å². The summed E-state index contributed by atoms with van der Waals surface area (Å²) < 4.78 is 32.9. The van der Waals surface area contributed by atoms with Crippen molar-refractivity contribution in [2.45, 2.75) is 0 Å². The fraction of sp³-hybridized carbons (Fsp3) is 0. The van der Waals surface area contributed by atoms with Gasteiger partial charge in [0.25, 0.3) is 0 Å². The molecule has 0 fully saturated rings. The molecule has 0 spiro atoms. The number of hydrogen-bond donors (Lipinski definition) is 0. The predicted octanol–water partition coefficient (Wildman–Crippen LogP) is -6.41. The van der Waals surface area contributed by atoms with E-state index in [-0.39, 0.29) is 27.4 Å². The SMILES string of the molecule is O.O.[Ni+2].[O-][Cl+][O-].[O-][Cl+][O-]. The first-order valence-corrected chi connectivity index (χ1v) is 1.85. The van der Waals surface area contributed by atoms with Gasteiger partial charge in [-0.2, -0.15) is 0 Å². The Balaban J connectivity index is -0.00000000889. The van der Waals surface area contributed by atoms with Gasteiger partial charge in [-0.1, -0.05) is 0 Å². The van der Waals surface area contributed by atoms with Gasteiger partial charge in [0.1, 0.15) is 0 Å². The summed E-state index contributed by atoms with van der Waals surface area (Å²) in [5, 5.41) is 0. The molecule has 0 saturated heterocycles. The van der Waals surface area contributed by atoms with Crippen molar-refractivity contribution in [2.75, 3.05) is 0 Å². The van der Waals surface area contributed by atoms with Gasteiger partial charge in [-0.05, 0) is 0 Å². The zero-order valence-corrected chi connectivity index (χ0v) is 6.20. The third kappa shape index (κ3) is 594. The zero-order valence-electron chi connectivity index (χ0n) is 3.71. The molecule has 0 aliphatic rings. The molecule has 0 amide bonds. The maximum Gasteiger partial charge on any atom is 2.00 e. The number of rotatable bonds is 0. The van der Waals surface area contributed by atoms with E-state index in [0.29, 0.717) is 0 Å². The molecule has 0 aromatic heterocycles. The van der Waals surface area contributed by atoms with Crippen LogP contribution in [0, 0.1) is 22.7 Å². The second kappa shape index (κ2) is 67.5. The first-order chi connectivity index (χ1) is 2.83. The second-order valence-corrected chi connectivity index (χ2v) is 0.378. The summed E-state index contributed by atoms with van der Waals surface area (Å²) in [6, 6.07) is 0. The summed E-state index contributed by atoms with van der Waals surface area (Å²) in [4.78, 5) is 0. The molecule has 0 saturated carbocycles. The minimum absolute atomic E-state index is 0. The minimum atomic E-state index is -0.417. The molecule has 0 aromatic rings. The first kappa shape index (κ1) is 32.8. The molecular weight excluding hydrogens is 226 g/mol. The van der Waals surface area contributed by atoms with Gasteiger partial charge in [-0.15, -0.1) is 0 Å². The van der Waals surface area contributed by atoms with Crippen molar-refractivity contribution in [1.29, 1.82) is 0 Å². The molecule has 0 bridgehead atoms. The Hall–Kier alpha value is 0.834. The van der Waals surface area contributed by atoms with Crippen molar-refractivity contribution >= 4 is 0 Å². The van der Waals surface area contributed by atoms with E-state index in [1.165, 1.54) is 0 Å². The Bertz CT molecular complexity index is 13.0. The zero-order chi connectivity index (χ0) is 5.41. The van der Waals surface area contributed by atoms with Gasteiger partial charge in [-0.3, -0.25) is 0 Å². The Morgan fingerprint density at radius 2 is 0.667 bits per heavy atom. The van der Waals surface area contributed by atoms with Gasteiger partial charge < -0.3 is 29.6 Å². The standard InChI is InChI=1S/2ClO2.Ni.2H2O/c2*2-1-3;;;/h;;;2*1H2/q2*-1;+2;;. The average Bonchev–Trinajstić information content (AvgIpc) is 1.39. The first-order valence-electron chi connectivity index (χ1n) is 0.617. The quantitative estimate of drug-likeness (QED) is 0.379. The van der Waals surface area contributed by atoms with Gasteiger partial charge >= 0.3 is 16.5 Å². The summed E-state index contributed by atoms with van der Waals surface area (Å²) in [5.41, 5.74) is 0. The van der Waals surface area contributed by atoms with Crippen LogP contribution in [0.25, 0.3) is 0 Å². The van der Waals surface area contributed by atoms with E-state index in [2.05, 4.69) is 0 Å². The molecule has 64 valence electrons. The van der Waals surface area contributed by atoms with Crippen LogP contribution in [0.2, 0.25) is 0 Å². The molecule has 0 aliphatic carbocycles. The summed E-state index contributed by atoms with van der Waals surface area (Å²) in [6.07, 6.45) is 0. The van der Waals surface area contributed by atoms with Crippen LogP contribution in [0.5, 0.6) is 0 Å².